The van der Waals surface area contributed by atoms with Gasteiger partial charge >= 0.3 is 10.1 Å². The summed E-state index contributed by atoms with van der Waals surface area (Å²) in [6, 6.07) is 11.7. The van der Waals surface area contributed by atoms with E-state index in [0.717, 1.165) is 12.1 Å². The fraction of sp³-hybridized carbons (Fsp3) is 0.0588. The number of hydrogen-bond acceptors (Lipinski definition) is 6. The summed E-state index contributed by atoms with van der Waals surface area (Å²) in [6.07, 6.45) is 0. The van der Waals surface area contributed by atoms with Crippen LogP contribution in [0.1, 0.15) is 5.56 Å². The standard InChI is InChI=1S/C17H13ClFNO5S/c18-13-8-11(19)6-7-12(13)15-14(21)16(17(20)24-15)25-26(22,23)9-10-4-2-1-3-5-10/h1-8,21H,9,20H2. The lowest BCUT2D eigenvalue weighted by atomic mass is 10.1. The quantitative estimate of drug-likeness (QED) is 0.632. The zero-order chi connectivity index (χ0) is 18.9. The first-order valence-electron chi connectivity index (χ1n) is 7.29. The van der Waals surface area contributed by atoms with E-state index in [4.69, 9.17) is 25.9 Å². The van der Waals surface area contributed by atoms with Crippen LogP contribution in [0.5, 0.6) is 11.5 Å². The fourth-order valence-electron chi connectivity index (χ4n) is 2.30. The lowest BCUT2D eigenvalue weighted by Crippen LogP contribution is -2.12. The Labute approximate surface area is 153 Å². The molecule has 3 aromatic rings. The number of anilines is 1. The Morgan fingerprint density at radius 3 is 2.54 bits per heavy atom. The minimum Gasteiger partial charge on any atom is -0.501 e. The number of furan rings is 1. The maximum atomic E-state index is 13.2. The summed E-state index contributed by atoms with van der Waals surface area (Å²) in [5, 5.41) is 10.2. The molecule has 0 aliphatic heterocycles. The van der Waals surface area contributed by atoms with Gasteiger partial charge in [-0.25, -0.2) is 4.39 Å². The number of nitrogens with two attached hydrogens (primary N) is 1. The van der Waals surface area contributed by atoms with Crippen LogP contribution in [-0.2, 0) is 15.9 Å². The monoisotopic (exact) mass is 397 g/mol. The highest BCUT2D eigenvalue weighted by Crippen LogP contribution is 2.47. The lowest BCUT2D eigenvalue weighted by Gasteiger charge is -2.06. The Balaban J connectivity index is 1.93. The first kappa shape index (κ1) is 18.1. The van der Waals surface area contributed by atoms with E-state index in [1.54, 1.807) is 30.3 Å². The third-order valence-electron chi connectivity index (χ3n) is 3.44. The molecule has 0 radical (unpaired) electrons. The van der Waals surface area contributed by atoms with Gasteiger partial charge in [0.15, 0.2) is 5.76 Å². The highest BCUT2D eigenvalue weighted by atomic mass is 35.5. The van der Waals surface area contributed by atoms with Crippen molar-refractivity contribution in [1.29, 1.82) is 0 Å². The van der Waals surface area contributed by atoms with Crippen molar-refractivity contribution < 1.29 is 26.5 Å². The van der Waals surface area contributed by atoms with Crippen LogP contribution in [0.15, 0.2) is 52.9 Å². The van der Waals surface area contributed by atoms with Crippen LogP contribution in [0.3, 0.4) is 0 Å². The fourth-order valence-corrected chi connectivity index (χ4v) is 3.62. The minimum atomic E-state index is -4.11. The summed E-state index contributed by atoms with van der Waals surface area (Å²) in [4.78, 5) is 0. The number of nitrogen functional groups attached to an aromatic ring is 1. The van der Waals surface area contributed by atoms with Crippen molar-refractivity contribution in [3.8, 4) is 22.8 Å². The van der Waals surface area contributed by atoms with E-state index in [2.05, 4.69) is 0 Å². The lowest BCUT2D eigenvalue weighted by molar-refractivity contribution is 0.432. The highest BCUT2D eigenvalue weighted by Gasteiger charge is 2.27. The van der Waals surface area contributed by atoms with Crippen LogP contribution in [0.2, 0.25) is 5.02 Å². The highest BCUT2D eigenvalue weighted by molar-refractivity contribution is 7.86. The number of halogens is 2. The predicted octanol–water partition coefficient (Wildman–Crippen LogP) is 3.94. The molecule has 3 N–H and O–H groups in total. The van der Waals surface area contributed by atoms with Gasteiger partial charge in [0.1, 0.15) is 11.6 Å². The molecule has 0 unspecified atom stereocenters. The maximum absolute atomic E-state index is 13.2. The number of benzene rings is 2. The van der Waals surface area contributed by atoms with Crippen LogP contribution in [0.4, 0.5) is 10.3 Å². The number of aromatic hydroxyl groups is 1. The van der Waals surface area contributed by atoms with E-state index in [9.17, 15) is 17.9 Å². The second kappa shape index (κ2) is 6.89. The molecular weight excluding hydrogens is 385 g/mol. The summed E-state index contributed by atoms with van der Waals surface area (Å²) in [7, 11) is -4.11. The van der Waals surface area contributed by atoms with Gasteiger partial charge in [0.2, 0.25) is 17.4 Å². The Morgan fingerprint density at radius 2 is 1.88 bits per heavy atom. The third kappa shape index (κ3) is 3.76. The zero-order valence-corrected chi connectivity index (χ0v) is 14.7. The van der Waals surface area contributed by atoms with E-state index < -0.39 is 39.1 Å². The summed E-state index contributed by atoms with van der Waals surface area (Å²) < 4.78 is 47.7. The second-order valence-corrected chi connectivity index (χ2v) is 7.35. The van der Waals surface area contributed by atoms with E-state index in [-0.39, 0.29) is 16.3 Å². The molecule has 0 saturated heterocycles. The maximum Gasteiger partial charge on any atom is 0.313 e. The molecule has 136 valence electrons. The van der Waals surface area contributed by atoms with Crippen LogP contribution in [0.25, 0.3) is 11.3 Å². The van der Waals surface area contributed by atoms with Gasteiger partial charge in [-0.15, -0.1) is 0 Å². The van der Waals surface area contributed by atoms with Crippen molar-refractivity contribution in [3.05, 3.63) is 64.9 Å². The molecule has 0 bridgehead atoms. The topological polar surface area (TPSA) is 103 Å². The van der Waals surface area contributed by atoms with Gasteiger partial charge in [0.05, 0.1) is 5.02 Å². The van der Waals surface area contributed by atoms with E-state index in [1.807, 2.05) is 0 Å². The molecule has 2 aromatic carbocycles. The van der Waals surface area contributed by atoms with Gasteiger partial charge in [0, 0.05) is 5.56 Å². The Morgan fingerprint density at radius 1 is 1.19 bits per heavy atom. The molecule has 0 aliphatic carbocycles. The SMILES string of the molecule is Nc1oc(-c2ccc(F)cc2Cl)c(O)c1OS(=O)(=O)Cc1ccccc1. The predicted molar refractivity (Wildman–Crippen MR) is 94.9 cm³/mol. The zero-order valence-electron chi connectivity index (χ0n) is 13.1. The largest absolute Gasteiger partial charge is 0.501 e. The summed E-state index contributed by atoms with van der Waals surface area (Å²) in [6.45, 7) is 0. The molecule has 0 amide bonds. The molecule has 1 heterocycles. The van der Waals surface area contributed by atoms with E-state index >= 15 is 0 Å². The Hall–Kier alpha value is -2.71. The third-order valence-corrected chi connectivity index (χ3v) is 4.86. The van der Waals surface area contributed by atoms with Crippen molar-refractivity contribution in [2.45, 2.75) is 5.75 Å². The first-order chi connectivity index (χ1) is 12.3. The molecule has 0 spiro atoms. The first-order valence-corrected chi connectivity index (χ1v) is 9.25. The molecule has 9 heteroatoms. The van der Waals surface area contributed by atoms with Crippen LogP contribution in [0, 0.1) is 5.82 Å². The molecule has 0 aliphatic rings. The molecule has 0 fully saturated rings. The summed E-state index contributed by atoms with van der Waals surface area (Å²) in [5.74, 6) is -2.87. The van der Waals surface area contributed by atoms with Crippen molar-refractivity contribution in [1.82, 2.24) is 0 Å². The normalized spacial score (nSPS) is 11.5. The minimum absolute atomic E-state index is 0.0484. The van der Waals surface area contributed by atoms with Gasteiger partial charge in [0.25, 0.3) is 0 Å². The molecule has 6 nitrogen and oxygen atoms in total. The van der Waals surface area contributed by atoms with Gasteiger partial charge in [-0.2, -0.15) is 8.42 Å². The Bertz CT molecular complexity index is 1050. The van der Waals surface area contributed by atoms with Crippen LogP contribution >= 0.6 is 11.6 Å². The average molecular weight is 398 g/mol. The molecular formula is C17H13ClFNO5S. The smallest absolute Gasteiger partial charge is 0.313 e. The van der Waals surface area contributed by atoms with Crippen molar-refractivity contribution in [2.24, 2.45) is 0 Å². The van der Waals surface area contributed by atoms with Gasteiger partial charge < -0.3 is 19.4 Å². The molecule has 26 heavy (non-hydrogen) atoms. The van der Waals surface area contributed by atoms with Crippen molar-refractivity contribution in [3.63, 3.8) is 0 Å². The summed E-state index contributed by atoms with van der Waals surface area (Å²) >= 11 is 5.93. The van der Waals surface area contributed by atoms with Gasteiger partial charge in [-0.1, -0.05) is 41.9 Å². The molecule has 1 aromatic heterocycles. The molecule has 3 rings (SSSR count). The van der Waals surface area contributed by atoms with Crippen LogP contribution < -0.4 is 9.92 Å². The molecule has 0 saturated carbocycles. The van der Waals surface area contributed by atoms with Crippen molar-refractivity contribution >= 4 is 27.6 Å². The van der Waals surface area contributed by atoms with E-state index in [0.29, 0.717) is 5.56 Å². The van der Waals surface area contributed by atoms with Crippen molar-refractivity contribution in [2.75, 3.05) is 5.73 Å². The van der Waals surface area contributed by atoms with Crippen LogP contribution in [-0.4, -0.2) is 13.5 Å². The Kier molecular flexibility index (Phi) is 4.80. The number of hydrogen-bond donors (Lipinski definition) is 2. The number of rotatable bonds is 5. The van der Waals surface area contributed by atoms with Gasteiger partial charge in [-0.05, 0) is 23.8 Å². The molecule has 0 atom stereocenters. The average Bonchev–Trinajstić information content (AvgIpc) is 2.83. The second-order valence-electron chi connectivity index (χ2n) is 5.37. The summed E-state index contributed by atoms with van der Waals surface area (Å²) in [5.41, 5.74) is 6.26. The van der Waals surface area contributed by atoms with E-state index in [1.165, 1.54) is 6.07 Å². The van der Waals surface area contributed by atoms with Gasteiger partial charge in [-0.3, -0.25) is 0 Å².